The summed E-state index contributed by atoms with van der Waals surface area (Å²) in [7, 11) is 3.72. The third-order valence-electron chi connectivity index (χ3n) is 4.85. The molecule has 1 aliphatic rings. The van der Waals surface area contributed by atoms with E-state index < -0.39 is 0 Å². The Hall–Kier alpha value is -1.81. The van der Waals surface area contributed by atoms with Gasteiger partial charge >= 0.3 is 0 Å². The second kappa shape index (κ2) is 7.18. The van der Waals surface area contributed by atoms with Crippen molar-refractivity contribution in [3.8, 4) is 5.75 Å². The van der Waals surface area contributed by atoms with Crippen LogP contribution in [0.5, 0.6) is 5.75 Å². The number of hydrogen-bond donors (Lipinski definition) is 0. The van der Waals surface area contributed by atoms with Crippen molar-refractivity contribution in [2.45, 2.75) is 45.2 Å². The Kier molecular flexibility index (Phi) is 5.01. The average Bonchev–Trinajstić information content (AvgIpc) is 2.75. The quantitative estimate of drug-likeness (QED) is 0.859. The number of likely N-dealkylation sites (tertiary alicyclic amines) is 1. The van der Waals surface area contributed by atoms with Crippen molar-refractivity contribution in [2.75, 3.05) is 13.7 Å². The zero-order chi connectivity index (χ0) is 16.2. The minimum absolute atomic E-state index is 0.489. The lowest BCUT2D eigenvalue weighted by atomic mass is 10.00. The molecule has 1 atom stereocenters. The van der Waals surface area contributed by atoms with Crippen LogP contribution in [0, 0.1) is 6.92 Å². The molecule has 2 aromatic rings. The van der Waals surface area contributed by atoms with Crippen molar-refractivity contribution in [2.24, 2.45) is 7.05 Å². The van der Waals surface area contributed by atoms with Gasteiger partial charge in [-0.1, -0.05) is 25.0 Å². The SMILES string of the molecule is COc1ccc([C@H]2CCCCCN2Cc2cn(C)nc2C)cc1. The van der Waals surface area contributed by atoms with Crippen LogP contribution in [0.4, 0.5) is 0 Å². The monoisotopic (exact) mass is 313 g/mol. The maximum atomic E-state index is 5.30. The van der Waals surface area contributed by atoms with Gasteiger partial charge < -0.3 is 4.74 Å². The highest BCUT2D eigenvalue weighted by Crippen LogP contribution is 2.32. The molecule has 2 heterocycles. The molecule has 1 aromatic carbocycles. The second-order valence-electron chi connectivity index (χ2n) is 6.52. The highest BCUT2D eigenvalue weighted by Gasteiger charge is 2.23. The number of methoxy groups -OCH3 is 1. The summed E-state index contributed by atoms with van der Waals surface area (Å²) in [6.07, 6.45) is 7.30. The van der Waals surface area contributed by atoms with Gasteiger partial charge in [0.15, 0.2) is 0 Å². The van der Waals surface area contributed by atoms with Crippen LogP contribution < -0.4 is 4.74 Å². The van der Waals surface area contributed by atoms with E-state index >= 15 is 0 Å². The van der Waals surface area contributed by atoms with Crippen molar-refractivity contribution >= 4 is 0 Å². The maximum absolute atomic E-state index is 5.30. The highest BCUT2D eigenvalue weighted by atomic mass is 16.5. The fraction of sp³-hybridized carbons (Fsp3) is 0.526. The highest BCUT2D eigenvalue weighted by molar-refractivity contribution is 5.29. The smallest absolute Gasteiger partial charge is 0.118 e. The molecule has 0 spiro atoms. The van der Waals surface area contributed by atoms with E-state index in [4.69, 9.17) is 4.74 Å². The summed E-state index contributed by atoms with van der Waals surface area (Å²) in [5.74, 6) is 0.928. The number of nitrogens with zero attached hydrogens (tertiary/aromatic N) is 3. The molecule has 0 N–H and O–H groups in total. The van der Waals surface area contributed by atoms with Crippen LogP contribution >= 0.6 is 0 Å². The Morgan fingerprint density at radius 3 is 2.61 bits per heavy atom. The van der Waals surface area contributed by atoms with Gasteiger partial charge in [-0.3, -0.25) is 9.58 Å². The molecule has 23 heavy (non-hydrogen) atoms. The Labute approximate surface area is 139 Å². The van der Waals surface area contributed by atoms with Crippen LogP contribution in [0.1, 0.15) is 48.5 Å². The van der Waals surface area contributed by atoms with Gasteiger partial charge in [0.25, 0.3) is 0 Å². The predicted octanol–water partition coefficient (Wildman–Crippen LogP) is 3.85. The maximum Gasteiger partial charge on any atom is 0.118 e. The molecule has 0 unspecified atom stereocenters. The zero-order valence-electron chi connectivity index (χ0n) is 14.5. The molecule has 1 saturated heterocycles. The van der Waals surface area contributed by atoms with E-state index in [1.807, 2.05) is 11.7 Å². The van der Waals surface area contributed by atoms with E-state index in [1.165, 1.54) is 36.8 Å². The van der Waals surface area contributed by atoms with Crippen LogP contribution in [-0.2, 0) is 13.6 Å². The first-order valence-electron chi connectivity index (χ1n) is 8.54. The number of aromatic nitrogens is 2. The van der Waals surface area contributed by atoms with Gasteiger partial charge in [0.2, 0.25) is 0 Å². The first kappa shape index (κ1) is 16.1. The van der Waals surface area contributed by atoms with E-state index in [0.717, 1.165) is 24.5 Å². The van der Waals surface area contributed by atoms with Crippen LogP contribution in [0.25, 0.3) is 0 Å². The molecule has 0 amide bonds. The minimum atomic E-state index is 0.489. The Balaban J connectivity index is 1.83. The third-order valence-corrected chi connectivity index (χ3v) is 4.85. The molecule has 4 heteroatoms. The molecule has 3 rings (SSSR count). The number of ether oxygens (including phenoxy) is 1. The van der Waals surface area contributed by atoms with E-state index in [0.29, 0.717) is 6.04 Å². The van der Waals surface area contributed by atoms with Gasteiger partial charge in [0.05, 0.1) is 12.8 Å². The molecule has 124 valence electrons. The summed E-state index contributed by atoms with van der Waals surface area (Å²) in [6.45, 7) is 4.25. The largest absolute Gasteiger partial charge is 0.497 e. The molecular formula is C19H27N3O. The number of hydrogen-bond acceptors (Lipinski definition) is 3. The van der Waals surface area contributed by atoms with Gasteiger partial charge in [-0.15, -0.1) is 0 Å². The summed E-state index contributed by atoms with van der Waals surface area (Å²) < 4.78 is 7.22. The molecular weight excluding hydrogens is 286 g/mol. The Morgan fingerprint density at radius 1 is 1.17 bits per heavy atom. The van der Waals surface area contributed by atoms with E-state index in [2.05, 4.69) is 47.4 Å². The van der Waals surface area contributed by atoms with Crippen molar-refractivity contribution in [3.63, 3.8) is 0 Å². The molecule has 0 bridgehead atoms. The summed E-state index contributed by atoms with van der Waals surface area (Å²) in [5.41, 5.74) is 3.88. The zero-order valence-corrected chi connectivity index (χ0v) is 14.5. The van der Waals surface area contributed by atoms with Crippen LogP contribution in [0.2, 0.25) is 0 Å². The van der Waals surface area contributed by atoms with Crippen LogP contribution in [-0.4, -0.2) is 28.3 Å². The fourth-order valence-electron chi connectivity index (χ4n) is 3.58. The van der Waals surface area contributed by atoms with Gasteiger partial charge in [0.1, 0.15) is 5.75 Å². The number of rotatable bonds is 4. The fourth-order valence-corrected chi connectivity index (χ4v) is 3.58. The van der Waals surface area contributed by atoms with Crippen molar-refractivity contribution < 1.29 is 4.74 Å². The molecule has 1 fully saturated rings. The van der Waals surface area contributed by atoms with Crippen molar-refractivity contribution in [3.05, 3.63) is 47.3 Å². The third kappa shape index (κ3) is 3.75. The minimum Gasteiger partial charge on any atom is -0.497 e. The Morgan fingerprint density at radius 2 is 1.96 bits per heavy atom. The summed E-state index contributed by atoms with van der Waals surface area (Å²) >= 11 is 0. The molecule has 1 aromatic heterocycles. The Bertz CT molecular complexity index is 633. The summed E-state index contributed by atoms with van der Waals surface area (Å²) in [5, 5.41) is 4.49. The average molecular weight is 313 g/mol. The normalized spacial score (nSPS) is 19.5. The lowest BCUT2D eigenvalue weighted by molar-refractivity contribution is 0.192. The molecule has 0 aliphatic carbocycles. The number of benzene rings is 1. The lowest BCUT2D eigenvalue weighted by Gasteiger charge is -2.30. The number of aryl methyl sites for hydroxylation is 2. The lowest BCUT2D eigenvalue weighted by Crippen LogP contribution is -2.28. The summed E-state index contributed by atoms with van der Waals surface area (Å²) in [6, 6.07) is 9.08. The standard InChI is InChI=1S/C19H27N3O/c1-15-17(13-21(2)20-15)14-22-12-6-4-5-7-19(22)16-8-10-18(23-3)11-9-16/h8-11,13,19H,4-7,12,14H2,1-3H3/t19-/m1/s1. The molecule has 0 radical (unpaired) electrons. The first-order valence-corrected chi connectivity index (χ1v) is 8.54. The van der Waals surface area contributed by atoms with Crippen LogP contribution in [0.15, 0.2) is 30.5 Å². The van der Waals surface area contributed by atoms with Gasteiger partial charge in [-0.25, -0.2) is 0 Å². The van der Waals surface area contributed by atoms with Gasteiger partial charge in [-0.2, -0.15) is 5.10 Å². The van der Waals surface area contributed by atoms with Gasteiger partial charge in [-0.05, 0) is 44.0 Å². The predicted molar refractivity (Wildman–Crippen MR) is 92.6 cm³/mol. The van der Waals surface area contributed by atoms with E-state index in [-0.39, 0.29) is 0 Å². The molecule has 1 aliphatic heterocycles. The molecule has 4 nitrogen and oxygen atoms in total. The second-order valence-corrected chi connectivity index (χ2v) is 6.52. The van der Waals surface area contributed by atoms with E-state index in [9.17, 15) is 0 Å². The van der Waals surface area contributed by atoms with Gasteiger partial charge in [0, 0.05) is 31.4 Å². The topological polar surface area (TPSA) is 30.3 Å². The summed E-state index contributed by atoms with van der Waals surface area (Å²) in [4.78, 5) is 2.62. The van der Waals surface area contributed by atoms with Crippen LogP contribution in [0.3, 0.4) is 0 Å². The molecule has 0 saturated carbocycles. The van der Waals surface area contributed by atoms with E-state index in [1.54, 1.807) is 7.11 Å². The first-order chi connectivity index (χ1) is 11.2. The van der Waals surface area contributed by atoms with Crippen molar-refractivity contribution in [1.82, 2.24) is 14.7 Å². The van der Waals surface area contributed by atoms with Crippen molar-refractivity contribution in [1.29, 1.82) is 0 Å².